The van der Waals surface area contributed by atoms with Crippen molar-refractivity contribution in [2.45, 2.75) is 12.6 Å². The van der Waals surface area contributed by atoms with Crippen LogP contribution in [0.15, 0.2) is 42.5 Å². The average Bonchev–Trinajstić information content (AvgIpc) is 3.15. The van der Waals surface area contributed by atoms with Gasteiger partial charge in [-0.3, -0.25) is 9.59 Å². The molecule has 1 unspecified atom stereocenters. The molecule has 0 radical (unpaired) electrons. The number of carbonyl (C=O) groups is 2. The molecule has 0 saturated carbocycles. The maximum absolute atomic E-state index is 14.1. The van der Waals surface area contributed by atoms with Crippen molar-refractivity contribution in [3.8, 4) is 0 Å². The van der Waals surface area contributed by atoms with Crippen molar-refractivity contribution in [2.24, 2.45) is 5.92 Å². The second-order valence-corrected chi connectivity index (χ2v) is 7.68. The van der Waals surface area contributed by atoms with Crippen molar-refractivity contribution in [3.63, 3.8) is 0 Å². The summed E-state index contributed by atoms with van der Waals surface area (Å²) in [7, 11) is 0. The van der Waals surface area contributed by atoms with Crippen LogP contribution in [0.2, 0.25) is 0 Å². The lowest BCUT2D eigenvalue weighted by molar-refractivity contribution is -0.137. The first-order valence-corrected chi connectivity index (χ1v) is 10.1. The third kappa shape index (κ3) is 4.55. The van der Waals surface area contributed by atoms with Gasteiger partial charge in [0.1, 0.15) is 5.82 Å². The van der Waals surface area contributed by atoms with Gasteiger partial charge in [-0.25, -0.2) is 4.39 Å². The van der Waals surface area contributed by atoms with Crippen LogP contribution in [-0.4, -0.2) is 44.7 Å². The number of morpholine rings is 1. The van der Waals surface area contributed by atoms with Crippen LogP contribution < -0.4 is 15.1 Å². The molecule has 2 aliphatic rings. The van der Waals surface area contributed by atoms with Gasteiger partial charge in [0.2, 0.25) is 11.8 Å². The van der Waals surface area contributed by atoms with E-state index in [0.717, 1.165) is 12.1 Å². The number of nitrogens with zero attached hydrogens (tertiary/aromatic N) is 2. The summed E-state index contributed by atoms with van der Waals surface area (Å²) in [4.78, 5) is 28.3. The van der Waals surface area contributed by atoms with Gasteiger partial charge >= 0.3 is 6.18 Å². The van der Waals surface area contributed by atoms with E-state index in [4.69, 9.17) is 4.74 Å². The number of ether oxygens (including phenoxy) is 1. The summed E-state index contributed by atoms with van der Waals surface area (Å²) in [6.45, 7) is 1.72. The summed E-state index contributed by atoms with van der Waals surface area (Å²) in [5.74, 6) is -2.43. The van der Waals surface area contributed by atoms with E-state index in [9.17, 15) is 27.2 Å². The molecule has 10 heteroatoms. The van der Waals surface area contributed by atoms with Gasteiger partial charge in [0.25, 0.3) is 0 Å². The first-order valence-electron chi connectivity index (χ1n) is 10.1. The number of alkyl halides is 3. The number of amides is 2. The first kappa shape index (κ1) is 22.1. The highest BCUT2D eigenvalue weighted by Gasteiger charge is 2.37. The van der Waals surface area contributed by atoms with E-state index in [2.05, 4.69) is 5.32 Å². The lowest BCUT2D eigenvalue weighted by atomic mass is 10.1. The van der Waals surface area contributed by atoms with Crippen LogP contribution in [0.25, 0.3) is 0 Å². The Hall–Kier alpha value is -3.14. The minimum absolute atomic E-state index is 0.0171. The molecule has 32 heavy (non-hydrogen) atoms. The molecule has 2 amide bonds. The van der Waals surface area contributed by atoms with Gasteiger partial charge in [-0.15, -0.1) is 0 Å². The second kappa shape index (κ2) is 8.78. The zero-order valence-electron chi connectivity index (χ0n) is 17.0. The predicted molar refractivity (Wildman–Crippen MR) is 110 cm³/mol. The SMILES string of the molecule is O=C(Nc1cc(C(F)(F)F)ccc1N1CCOCC1)C1CC(=O)N(c2ccccc2F)C1. The lowest BCUT2D eigenvalue weighted by Gasteiger charge is -2.31. The quantitative estimate of drug-likeness (QED) is 0.721. The molecule has 0 aromatic heterocycles. The summed E-state index contributed by atoms with van der Waals surface area (Å²) in [5, 5.41) is 2.58. The monoisotopic (exact) mass is 451 g/mol. The zero-order chi connectivity index (χ0) is 22.9. The minimum Gasteiger partial charge on any atom is -0.378 e. The van der Waals surface area contributed by atoms with Crippen LogP contribution in [0.1, 0.15) is 12.0 Å². The van der Waals surface area contributed by atoms with Crippen molar-refractivity contribution in [1.29, 1.82) is 0 Å². The molecule has 0 bridgehead atoms. The van der Waals surface area contributed by atoms with E-state index in [0.29, 0.717) is 32.0 Å². The Morgan fingerprint density at radius 2 is 1.78 bits per heavy atom. The summed E-state index contributed by atoms with van der Waals surface area (Å²) < 4.78 is 59.2. The average molecular weight is 451 g/mol. The maximum Gasteiger partial charge on any atom is 0.416 e. The van der Waals surface area contributed by atoms with Crippen LogP contribution >= 0.6 is 0 Å². The van der Waals surface area contributed by atoms with Crippen LogP contribution in [0.4, 0.5) is 34.6 Å². The van der Waals surface area contributed by atoms with Crippen LogP contribution in [0, 0.1) is 11.7 Å². The van der Waals surface area contributed by atoms with E-state index in [1.807, 2.05) is 4.90 Å². The molecule has 6 nitrogen and oxygen atoms in total. The standard InChI is InChI=1S/C22H21F4N3O3/c23-16-3-1-2-4-18(16)29-13-14(11-20(29)30)21(31)27-17-12-15(22(24,25)26)5-6-19(17)28-7-9-32-10-8-28/h1-6,12,14H,7-11,13H2,(H,27,31). The van der Waals surface area contributed by atoms with Crippen molar-refractivity contribution in [2.75, 3.05) is 48.0 Å². The molecule has 0 aliphatic carbocycles. The molecule has 2 fully saturated rings. The molecular weight excluding hydrogens is 430 g/mol. The van der Waals surface area contributed by atoms with Gasteiger partial charge < -0.3 is 19.9 Å². The Labute approximate surface area is 181 Å². The normalized spacial score (nSPS) is 19.4. The third-order valence-corrected chi connectivity index (χ3v) is 5.57. The summed E-state index contributed by atoms with van der Waals surface area (Å²) in [6.07, 6.45) is -4.74. The Morgan fingerprint density at radius 3 is 2.47 bits per heavy atom. The van der Waals surface area contributed by atoms with Gasteiger partial charge in [0, 0.05) is 26.1 Å². The van der Waals surface area contributed by atoms with Crippen LogP contribution in [0.3, 0.4) is 0 Å². The number of para-hydroxylation sites is 1. The van der Waals surface area contributed by atoms with Crippen molar-refractivity contribution in [3.05, 3.63) is 53.8 Å². The van der Waals surface area contributed by atoms with Crippen molar-refractivity contribution < 1.29 is 31.9 Å². The molecule has 170 valence electrons. The molecular formula is C22H21F4N3O3. The third-order valence-electron chi connectivity index (χ3n) is 5.57. The minimum atomic E-state index is -4.58. The summed E-state index contributed by atoms with van der Waals surface area (Å²) in [6, 6.07) is 8.92. The fourth-order valence-electron chi connectivity index (χ4n) is 3.91. The number of benzene rings is 2. The van der Waals surface area contributed by atoms with Crippen molar-refractivity contribution >= 4 is 28.9 Å². The fourth-order valence-corrected chi connectivity index (χ4v) is 3.91. The molecule has 0 spiro atoms. The topological polar surface area (TPSA) is 61.9 Å². The number of hydrogen-bond acceptors (Lipinski definition) is 4. The molecule has 1 atom stereocenters. The Morgan fingerprint density at radius 1 is 1.06 bits per heavy atom. The van der Waals surface area contributed by atoms with Gasteiger partial charge in [-0.1, -0.05) is 12.1 Å². The molecule has 2 heterocycles. The lowest BCUT2D eigenvalue weighted by Crippen LogP contribution is -2.37. The highest BCUT2D eigenvalue weighted by atomic mass is 19.4. The molecule has 2 aliphatic heterocycles. The smallest absolute Gasteiger partial charge is 0.378 e. The largest absolute Gasteiger partial charge is 0.416 e. The van der Waals surface area contributed by atoms with Crippen LogP contribution in [0.5, 0.6) is 0 Å². The number of hydrogen-bond donors (Lipinski definition) is 1. The molecule has 2 aromatic rings. The van der Waals surface area contributed by atoms with Gasteiger partial charge in [-0.05, 0) is 30.3 Å². The van der Waals surface area contributed by atoms with Crippen molar-refractivity contribution in [1.82, 2.24) is 0 Å². The zero-order valence-corrected chi connectivity index (χ0v) is 17.0. The van der Waals surface area contributed by atoms with Gasteiger partial charge in [-0.2, -0.15) is 13.2 Å². The molecule has 2 aromatic carbocycles. The number of carbonyl (C=O) groups excluding carboxylic acids is 2. The Balaban J connectivity index is 1.56. The number of nitrogens with one attached hydrogen (secondary N) is 1. The Bertz CT molecular complexity index is 1020. The fraction of sp³-hybridized carbons (Fsp3) is 0.364. The van der Waals surface area contributed by atoms with Gasteiger partial charge in [0.15, 0.2) is 0 Å². The number of anilines is 3. The van der Waals surface area contributed by atoms with Gasteiger partial charge in [0.05, 0.1) is 41.8 Å². The first-order chi connectivity index (χ1) is 15.2. The highest BCUT2D eigenvalue weighted by Crippen LogP contribution is 2.36. The molecule has 2 saturated heterocycles. The highest BCUT2D eigenvalue weighted by molar-refractivity contribution is 6.04. The second-order valence-electron chi connectivity index (χ2n) is 7.68. The van der Waals surface area contributed by atoms with E-state index < -0.39 is 35.3 Å². The predicted octanol–water partition coefficient (Wildman–Crippen LogP) is 3.67. The molecule has 1 N–H and O–H groups in total. The number of halogens is 4. The van der Waals surface area contributed by atoms with E-state index >= 15 is 0 Å². The molecule has 4 rings (SSSR count). The van der Waals surface area contributed by atoms with E-state index in [1.165, 1.54) is 29.2 Å². The van der Waals surface area contributed by atoms with E-state index in [1.54, 1.807) is 6.07 Å². The summed E-state index contributed by atoms with van der Waals surface area (Å²) >= 11 is 0. The maximum atomic E-state index is 14.1. The Kier molecular flexibility index (Phi) is 6.05. The van der Waals surface area contributed by atoms with Crippen LogP contribution in [-0.2, 0) is 20.5 Å². The van der Waals surface area contributed by atoms with E-state index in [-0.39, 0.29) is 24.3 Å². The number of rotatable bonds is 4. The summed E-state index contributed by atoms with van der Waals surface area (Å²) in [5.41, 5.74) is -0.352.